The average Bonchev–Trinajstić information content (AvgIpc) is 2.89. The normalized spacial score (nSPS) is 23.5. The second kappa shape index (κ2) is 7.10. The smallest absolute Gasteiger partial charge is 0.186 e. The fraction of sp³-hybridized carbons (Fsp3) is 0.0625. The molecule has 0 spiro atoms. The summed E-state index contributed by atoms with van der Waals surface area (Å²) in [7, 11) is 0. The van der Waals surface area contributed by atoms with Gasteiger partial charge in [-0.05, 0) is 57.7 Å². The van der Waals surface area contributed by atoms with E-state index in [1.807, 2.05) is 36.4 Å². The van der Waals surface area contributed by atoms with Crippen LogP contribution in [0, 0.1) is 11.8 Å². The van der Waals surface area contributed by atoms with Gasteiger partial charge in [-0.2, -0.15) is 0 Å². The first-order chi connectivity index (χ1) is 16.7. The summed E-state index contributed by atoms with van der Waals surface area (Å²) in [6, 6.07) is 7.50. The van der Waals surface area contributed by atoms with Crippen molar-refractivity contribution in [2.45, 2.75) is 0 Å². The van der Waals surface area contributed by atoms with E-state index in [9.17, 15) is 9.59 Å². The molecule has 6 aliphatic carbocycles. The summed E-state index contributed by atoms with van der Waals surface area (Å²) in [6.07, 6.45) is 29.2. The van der Waals surface area contributed by atoms with Gasteiger partial charge in [0.1, 0.15) is 0 Å². The van der Waals surface area contributed by atoms with Crippen LogP contribution in [-0.4, -0.2) is 11.6 Å². The first-order valence-corrected chi connectivity index (χ1v) is 11.6. The van der Waals surface area contributed by atoms with Crippen LogP contribution in [0.15, 0.2) is 119 Å². The first kappa shape index (κ1) is 19.2. The Hall–Kier alpha value is -4.30. The predicted octanol–water partition coefficient (Wildman–Crippen LogP) is 6.91. The average molecular weight is 437 g/mol. The zero-order valence-electron chi connectivity index (χ0n) is 18.4. The summed E-state index contributed by atoms with van der Waals surface area (Å²) >= 11 is 0. The Morgan fingerprint density at radius 2 is 0.882 bits per heavy atom. The lowest BCUT2D eigenvalue weighted by Crippen LogP contribution is -2.28. The van der Waals surface area contributed by atoms with Crippen molar-refractivity contribution in [1.82, 2.24) is 0 Å². The molecule has 0 aromatic heterocycles. The standard InChI is InChI=1S/C16H8O2.C16H12/c17-13-8-4-10-2-6-12-14(18)7-3-9-1-5-11(13)16(10)15(9)12;1-3-11-7-9-13-5-2-6-14-10-8-12(4-1)15(11)16(13)14/h1-8H;1-10,15-16H. The highest BCUT2D eigenvalue weighted by Gasteiger charge is 2.36. The van der Waals surface area contributed by atoms with Gasteiger partial charge in [0.2, 0.25) is 0 Å². The molecule has 8 rings (SSSR count). The van der Waals surface area contributed by atoms with Gasteiger partial charge in [-0.1, -0.05) is 85.0 Å². The van der Waals surface area contributed by atoms with Gasteiger partial charge in [-0.25, -0.2) is 0 Å². The minimum Gasteiger partial charge on any atom is -0.289 e. The van der Waals surface area contributed by atoms with Gasteiger partial charge in [0.05, 0.1) is 0 Å². The molecule has 0 saturated heterocycles. The Bertz CT molecular complexity index is 1500. The first-order valence-electron chi connectivity index (χ1n) is 11.6. The van der Waals surface area contributed by atoms with Crippen molar-refractivity contribution >= 4 is 34.5 Å². The molecular formula is C32H20O2. The Balaban J connectivity index is 0.000000118. The Morgan fingerprint density at radius 1 is 0.441 bits per heavy atom. The highest BCUT2D eigenvalue weighted by Crippen LogP contribution is 2.48. The van der Waals surface area contributed by atoms with Gasteiger partial charge in [-0.15, -0.1) is 0 Å². The topological polar surface area (TPSA) is 34.1 Å². The Labute approximate surface area is 197 Å². The van der Waals surface area contributed by atoms with Gasteiger partial charge in [0.25, 0.3) is 0 Å². The molecule has 2 unspecified atom stereocenters. The van der Waals surface area contributed by atoms with Crippen molar-refractivity contribution in [3.8, 4) is 0 Å². The van der Waals surface area contributed by atoms with Crippen molar-refractivity contribution < 1.29 is 9.59 Å². The van der Waals surface area contributed by atoms with Crippen molar-refractivity contribution in [1.29, 1.82) is 0 Å². The highest BCUT2D eigenvalue weighted by atomic mass is 16.1. The SMILES string of the molecule is C1=CC2=CC=C3C=CC=C4C=CC(=C1)C2C43.O=C1C=Cc2ccc3c4c(ccc1c24)C=CC3=O. The largest absolute Gasteiger partial charge is 0.289 e. The maximum absolute atomic E-state index is 11.9. The molecule has 34 heavy (non-hydrogen) atoms. The molecule has 0 radical (unpaired) electrons. The third-order valence-electron chi connectivity index (χ3n) is 7.45. The zero-order valence-corrected chi connectivity index (χ0v) is 18.4. The predicted molar refractivity (Wildman–Crippen MR) is 137 cm³/mol. The third kappa shape index (κ3) is 2.69. The lowest BCUT2D eigenvalue weighted by molar-refractivity contribution is 0.103. The Kier molecular flexibility index (Phi) is 4.01. The van der Waals surface area contributed by atoms with Gasteiger partial charge < -0.3 is 0 Å². The van der Waals surface area contributed by atoms with Crippen LogP contribution in [-0.2, 0) is 0 Å². The minimum atomic E-state index is 0.00759. The van der Waals surface area contributed by atoms with Crippen LogP contribution in [0.4, 0.5) is 0 Å². The molecule has 0 N–H and O–H groups in total. The molecule has 2 atom stereocenters. The molecule has 0 amide bonds. The van der Waals surface area contributed by atoms with E-state index in [1.54, 1.807) is 12.2 Å². The lowest BCUT2D eigenvalue weighted by Gasteiger charge is -2.39. The van der Waals surface area contributed by atoms with Crippen molar-refractivity contribution in [3.05, 3.63) is 142 Å². The summed E-state index contributed by atoms with van der Waals surface area (Å²) in [4.78, 5) is 23.8. The van der Waals surface area contributed by atoms with E-state index >= 15 is 0 Å². The summed E-state index contributed by atoms with van der Waals surface area (Å²) < 4.78 is 0. The molecule has 0 heterocycles. The van der Waals surface area contributed by atoms with Crippen LogP contribution in [0.3, 0.4) is 0 Å². The van der Waals surface area contributed by atoms with Gasteiger partial charge in [0, 0.05) is 33.7 Å². The van der Waals surface area contributed by atoms with Crippen LogP contribution in [0.25, 0.3) is 22.9 Å². The maximum Gasteiger partial charge on any atom is 0.186 e. The van der Waals surface area contributed by atoms with E-state index in [0.717, 1.165) is 21.9 Å². The molecule has 2 heteroatoms. The summed E-state index contributed by atoms with van der Waals surface area (Å²) in [5.41, 5.74) is 9.22. The third-order valence-corrected chi connectivity index (χ3v) is 7.45. The fourth-order valence-electron chi connectivity index (χ4n) is 5.88. The van der Waals surface area contributed by atoms with E-state index in [1.165, 1.54) is 22.3 Å². The lowest BCUT2D eigenvalue weighted by atomic mass is 9.65. The molecule has 0 aliphatic heterocycles. The number of hydrogen-bond donors (Lipinski definition) is 0. The second-order valence-corrected chi connectivity index (χ2v) is 9.22. The number of hydrogen-bond acceptors (Lipinski definition) is 2. The molecule has 2 aromatic carbocycles. The molecule has 6 aliphatic rings. The fourth-order valence-corrected chi connectivity index (χ4v) is 5.88. The number of allylic oxidation sites excluding steroid dienone is 16. The number of carbonyl (C=O) groups excluding carboxylic acids is 2. The maximum atomic E-state index is 11.9. The quantitative estimate of drug-likeness (QED) is 0.450. The van der Waals surface area contributed by atoms with Crippen LogP contribution in [0.2, 0.25) is 0 Å². The monoisotopic (exact) mass is 436 g/mol. The van der Waals surface area contributed by atoms with E-state index in [0.29, 0.717) is 23.0 Å². The van der Waals surface area contributed by atoms with Crippen molar-refractivity contribution in [3.63, 3.8) is 0 Å². The van der Waals surface area contributed by atoms with Gasteiger partial charge >= 0.3 is 0 Å². The second-order valence-electron chi connectivity index (χ2n) is 9.22. The molecule has 0 fully saturated rings. The number of rotatable bonds is 0. The van der Waals surface area contributed by atoms with E-state index in [-0.39, 0.29) is 11.6 Å². The van der Waals surface area contributed by atoms with Gasteiger partial charge in [0.15, 0.2) is 11.6 Å². The number of carbonyl (C=O) groups is 2. The summed E-state index contributed by atoms with van der Waals surface area (Å²) in [5, 5.41) is 1.82. The van der Waals surface area contributed by atoms with Crippen LogP contribution >= 0.6 is 0 Å². The molecule has 160 valence electrons. The van der Waals surface area contributed by atoms with Crippen LogP contribution in [0.5, 0.6) is 0 Å². The molecule has 2 nitrogen and oxygen atoms in total. The molecular weight excluding hydrogens is 416 g/mol. The van der Waals surface area contributed by atoms with E-state index in [2.05, 4.69) is 60.8 Å². The number of benzene rings is 2. The van der Waals surface area contributed by atoms with Crippen molar-refractivity contribution in [2.24, 2.45) is 11.8 Å². The summed E-state index contributed by atoms with van der Waals surface area (Å²) in [6.45, 7) is 0. The summed E-state index contributed by atoms with van der Waals surface area (Å²) in [5.74, 6) is 1.14. The highest BCUT2D eigenvalue weighted by molar-refractivity contribution is 6.27. The molecule has 0 saturated carbocycles. The van der Waals surface area contributed by atoms with Crippen LogP contribution < -0.4 is 0 Å². The van der Waals surface area contributed by atoms with E-state index in [4.69, 9.17) is 0 Å². The van der Waals surface area contributed by atoms with E-state index < -0.39 is 0 Å². The molecule has 2 aromatic rings. The number of ketones is 2. The zero-order chi connectivity index (χ0) is 22.8. The minimum absolute atomic E-state index is 0.00759. The Morgan fingerprint density at radius 3 is 1.35 bits per heavy atom. The van der Waals surface area contributed by atoms with Crippen LogP contribution in [0.1, 0.15) is 31.8 Å². The van der Waals surface area contributed by atoms with Gasteiger partial charge in [-0.3, -0.25) is 9.59 Å². The van der Waals surface area contributed by atoms with Crippen molar-refractivity contribution in [2.75, 3.05) is 0 Å². The molecule has 0 bridgehead atoms.